The molecule has 33 heavy (non-hydrogen) atoms. The first kappa shape index (κ1) is 25.3. The van der Waals surface area contributed by atoms with E-state index in [1.165, 1.54) is 4.31 Å². The maximum Gasteiger partial charge on any atom is 0.243 e. The van der Waals surface area contributed by atoms with Crippen LogP contribution in [-0.2, 0) is 21.3 Å². The minimum atomic E-state index is -3.62. The van der Waals surface area contributed by atoms with Gasteiger partial charge in [0.1, 0.15) is 11.3 Å². The van der Waals surface area contributed by atoms with Gasteiger partial charge in [-0.1, -0.05) is 39.3 Å². The van der Waals surface area contributed by atoms with Crippen LogP contribution in [0, 0.1) is 12.8 Å². The smallest absolute Gasteiger partial charge is 0.243 e. The van der Waals surface area contributed by atoms with Crippen LogP contribution in [0.2, 0.25) is 0 Å². The van der Waals surface area contributed by atoms with Gasteiger partial charge in [0, 0.05) is 32.4 Å². The van der Waals surface area contributed by atoms with E-state index in [9.17, 15) is 8.42 Å². The SMILES string of the molecule is CCCCOC[C@H](CC(C)C)N(C)S(=O)(=O)c1ccc(Cn2c(C)nc3cnccc32)cc1. The third kappa shape index (κ3) is 6.19. The molecule has 0 radical (unpaired) electrons. The van der Waals surface area contributed by atoms with E-state index in [1.807, 2.05) is 25.1 Å². The van der Waals surface area contributed by atoms with Crippen molar-refractivity contribution in [2.75, 3.05) is 20.3 Å². The summed E-state index contributed by atoms with van der Waals surface area (Å²) < 4.78 is 36.1. The number of aromatic nitrogens is 3. The molecule has 0 aliphatic heterocycles. The van der Waals surface area contributed by atoms with Crippen LogP contribution >= 0.6 is 0 Å². The summed E-state index contributed by atoms with van der Waals surface area (Å²) in [7, 11) is -1.96. The topological polar surface area (TPSA) is 77.3 Å². The number of ether oxygens (including phenoxy) is 1. The average Bonchev–Trinajstić information content (AvgIpc) is 3.10. The Labute approximate surface area is 197 Å². The largest absolute Gasteiger partial charge is 0.380 e. The molecule has 0 saturated carbocycles. The molecule has 180 valence electrons. The third-order valence-corrected chi connectivity index (χ3v) is 7.82. The van der Waals surface area contributed by atoms with Gasteiger partial charge in [-0.05, 0) is 49.4 Å². The lowest BCUT2D eigenvalue weighted by atomic mass is 10.0. The van der Waals surface area contributed by atoms with E-state index in [1.54, 1.807) is 31.6 Å². The molecule has 0 amide bonds. The van der Waals surface area contributed by atoms with Gasteiger partial charge in [0.25, 0.3) is 0 Å². The number of sulfonamides is 1. The summed E-state index contributed by atoms with van der Waals surface area (Å²) in [6, 6.07) is 8.90. The van der Waals surface area contributed by atoms with Crippen molar-refractivity contribution in [1.29, 1.82) is 0 Å². The summed E-state index contributed by atoms with van der Waals surface area (Å²) in [5, 5.41) is 0. The zero-order chi connectivity index (χ0) is 24.0. The quantitative estimate of drug-likeness (QED) is 0.359. The lowest BCUT2D eigenvalue weighted by molar-refractivity contribution is 0.0843. The second kappa shape index (κ2) is 11.2. The minimum absolute atomic E-state index is 0.194. The number of hydrogen-bond acceptors (Lipinski definition) is 5. The molecule has 0 N–H and O–H groups in total. The van der Waals surface area contributed by atoms with Crippen LogP contribution in [0.3, 0.4) is 0 Å². The van der Waals surface area contributed by atoms with Gasteiger partial charge in [0.2, 0.25) is 10.0 Å². The van der Waals surface area contributed by atoms with Crippen molar-refractivity contribution in [2.24, 2.45) is 5.92 Å². The molecule has 3 aromatic rings. The minimum Gasteiger partial charge on any atom is -0.380 e. The average molecular weight is 473 g/mol. The van der Waals surface area contributed by atoms with Crippen molar-refractivity contribution in [2.45, 2.75) is 64.4 Å². The molecule has 0 aliphatic rings. The molecule has 2 aromatic heterocycles. The van der Waals surface area contributed by atoms with E-state index >= 15 is 0 Å². The van der Waals surface area contributed by atoms with Gasteiger partial charge in [-0.2, -0.15) is 4.31 Å². The molecular weight excluding hydrogens is 436 g/mol. The molecule has 0 unspecified atom stereocenters. The number of imidazole rings is 1. The first-order chi connectivity index (χ1) is 15.7. The Hall–Kier alpha value is -2.29. The Balaban J connectivity index is 1.76. The first-order valence-corrected chi connectivity index (χ1v) is 13.1. The van der Waals surface area contributed by atoms with Gasteiger partial charge in [-0.15, -0.1) is 0 Å². The van der Waals surface area contributed by atoms with E-state index in [0.717, 1.165) is 41.7 Å². The number of pyridine rings is 1. The zero-order valence-corrected chi connectivity index (χ0v) is 21.2. The van der Waals surface area contributed by atoms with Gasteiger partial charge in [-0.25, -0.2) is 13.4 Å². The van der Waals surface area contributed by atoms with Crippen LogP contribution in [0.25, 0.3) is 11.0 Å². The van der Waals surface area contributed by atoms with Crippen LogP contribution in [-0.4, -0.2) is 53.6 Å². The Morgan fingerprint density at radius 2 is 1.88 bits per heavy atom. The maximum absolute atomic E-state index is 13.3. The number of rotatable bonds is 12. The highest BCUT2D eigenvalue weighted by atomic mass is 32.2. The number of hydrogen-bond donors (Lipinski definition) is 0. The Morgan fingerprint density at radius 3 is 2.55 bits per heavy atom. The lowest BCUT2D eigenvalue weighted by Crippen LogP contribution is -2.41. The van der Waals surface area contributed by atoms with E-state index in [0.29, 0.717) is 30.6 Å². The molecule has 1 aromatic carbocycles. The summed E-state index contributed by atoms with van der Waals surface area (Å²) in [6.45, 7) is 9.97. The molecule has 0 saturated heterocycles. The molecule has 8 heteroatoms. The Morgan fingerprint density at radius 1 is 1.15 bits per heavy atom. The number of likely N-dealkylation sites (N-methyl/N-ethyl adjacent to an activating group) is 1. The predicted octanol–water partition coefficient (Wildman–Crippen LogP) is 4.64. The number of nitrogens with zero attached hydrogens (tertiary/aromatic N) is 4. The summed E-state index contributed by atoms with van der Waals surface area (Å²) >= 11 is 0. The van der Waals surface area contributed by atoms with Gasteiger partial charge in [0.05, 0.1) is 23.2 Å². The fourth-order valence-corrected chi connectivity index (χ4v) is 5.30. The van der Waals surface area contributed by atoms with Gasteiger partial charge in [-0.3, -0.25) is 4.98 Å². The second-order valence-electron chi connectivity index (χ2n) is 8.99. The Bertz CT molecular complexity index is 1140. The van der Waals surface area contributed by atoms with Crippen LogP contribution in [0.15, 0.2) is 47.6 Å². The van der Waals surface area contributed by atoms with Crippen LogP contribution in [0.1, 0.15) is 51.4 Å². The highest BCUT2D eigenvalue weighted by molar-refractivity contribution is 7.89. The van der Waals surface area contributed by atoms with E-state index in [-0.39, 0.29) is 6.04 Å². The third-order valence-electron chi connectivity index (χ3n) is 5.89. The fraction of sp³-hybridized carbons (Fsp3) is 0.520. The zero-order valence-electron chi connectivity index (χ0n) is 20.4. The van der Waals surface area contributed by atoms with Crippen LogP contribution < -0.4 is 0 Å². The predicted molar refractivity (Wildman–Crippen MR) is 132 cm³/mol. The number of benzene rings is 1. The van der Waals surface area contributed by atoms with Crippen LogP contribution in [0.4, 0.5) is 0 Å². The highest BCUT2D eigenvalue weighted by Crippen LogP contribution is 2.22. The number of unbranched alkanes of at least 4 members (excludes halogenated alkanes) is 1. The van der Waals surface area contributed by atoms with Crippen molar-refractivity contribution in [3.8, 4) is 0 Å². The molecule has 7 nitrogen and oxygen atoms in total. The molecule has 0 fully saturated rings. The molecule has 0 bridgehead atoms. The highest BCUT2D eigenvalue weighted by Gasteiger charge is 2.28. The molecule has 0 aliphatic carbocycles. The van der Waals surface area contributed by atoms with E-state index in [2.05, 4.69) is 35.3 Å². The number of aryl methyl sites for hydroxylation is 1. The summed E-state index contributed by atoms with van der Waals surface area (Å²) in [4.78, 5) is 8.99. The van der Waals surface area contributed by atoms with E-state index < -0.39 is 10.0 Å². The van der Waals surface area contributed by atoms with Crippen molar-refractivity contribution < 1.29 is 13.2 Å². The standard InChI is InChI=1S/C25H36N4O3S/c1-6-7-14-32-18-22(15-19(2)3)28(5)33(30,31)23-10-8-21(9-11-23)17-29-20(4)27-24-16-26-13-12-25(24)29/h8-13,16,19,22H,6-7,14-15,17-18H2,1-5H3/t22-/m0/s1. The van der Waals surface area contributed by atoms with Gasteiger partial charge in [0.15, 0.2) is 0 Å². The molecule has 2 heterocycles. The first-order valence-electron chi connectivity index (χ1n) is 11.7. The fourth-order valence-electron chi connectivity index (χ4n) is 3.95. The maximum atomic E-state index is 13.3. The van der Waals surface area contributed by atoms with Crippen molar-refractivity contribution >= 4 is 21.1 Å². The number of fused-ring (bicyclic) bond motifs is 1. The summed E-state index contributed by atoms with van der Waals surface area (Å²) in [5.41, 5.74) is 2.88. The van der Waals surface area contributed by atoms with E-state index in [4.69, 9.17) is 4.74 Å². The summed E-state index contributed by atoms with van der Waals surface area (Å²) in [5.74, 6) is 1.27. The molecule has 0 spiro atoms. The molecule has 1 atom stereocenters. The summed E-state index contributed by atoms with van der Waals surface area (Å²) in [6.07, 6.45) is 6.30. The van der Waals surface area contributed by atoms with Crippen molar-refractivity contribution in [3.63, 3.8) is 0 Å². The van der Waals surface area contributed by atoms with Crippen molar-refractivity contribution in [1.82, 2.24) is 18.8 Å². The van der Waals surface area contributed by atoms with Gasteiger partial charge >= 0.3 is 0 Å². The van der Waals surface area contributed by atoms with Crippen molar-refractivity contribution in [3.05, 3.63) is 54.1 Å². The van der Waals surface area contributed by atoms with Crippen LogP contribution in [0.5, 0.6) is 0 Å². The normalized spacial score (nSPS) is 13.3. The molecular formula is C25H36N4O3S. The lowest BCUT2D eigenvalue weighted by Gasteiger charge is -2.29. The second-order valence-corrected chi connectivity index (χ2v) is 11.0. The molecule has 3 rings (SSSR count). The Kier molecular flexibility index (Phi) is 8.62. The monoisotopic (exact) mass is 472 g/mol. The van der Waals surface area contributed by atoms with Gasteiger partial charge < -0.3 is 9.30 Å².